The molecule has 0 atom stereocenters. The number of nitrogens with one attached hydrogen (secondary N) is 1. The molecule has 0 saturated carbocycles. The molecule has 2 heterocycles. The van der Waals surface area contributed by atoms with Crippen molar-refractivity contribution in [3.05, 3.63) is 46.1 Å². The molecule has 0 fully saturated rings. The third-order valence-electron chi connectivity index (χ3n) is 2.85. The Kier molecular flexibility index (Phi) is 3.44. The van der Waals surface area contributed by atoms with Gasteiger partial charge in [0.1, 0.15) is 11.9 Å². The minimum absolute atomic E-state index is 0.252. The number of ether oxygens (including phenoxy) is 2. The molecule has 0 spiro atoms. The summed E-state index contributed by atoms with van der Waals surface area (Å²) in [7, 11) is 0. The normalized spacial score (nSPS) is 12.0. The van der Waals surface area contributed by atoms with Crippen LogP contribution in [0.15, 0.2) is 34.9 Å². The molecule has 0 radical (unpaired) electrons. The highest BCUT2D eigenvalue weighted by molar-refractivity contribution is 9.10. The van der Waals surface area contributed by atoms with E-state index in [0.717, 1.165) is 27.4 Å². The van der Waals surface area contributed by atoms with Gasteiger partial charge in [0.25, 0.3) is 0 Å². The molecular formula is C14H10BrN3O2. The summed E-state index contributed by atoms with van der Waals surface area (Å²) < 4.78 is 11.6. The number of nitriles is 1. The van der Waals surface area contributed by atoms with E-state index < -0.39 is 0 Å². The van der Waals surface area contributed by atoms with E-state index in [9.17, 15) is 0 Å². The van der Waals surface area contributed by atoms with Gasteiger partial charge in [-0.2, -0.15) is 5.26 Å². The van der Waals surface area contributed by atoms with E-state index in [4.69, 9.17) is 14.7 Å². The molecule has 1 aliphatic rings. The average molecular weight is 332 g/mol. The Morgan fingerprint density at radius 1 is 1.35 bits per heavy atom. The molecule has 6 heteroatoms. The van der Waals surface area contributed by atoms with Gasteiger partial charge in [-0.15, -0.1) is 0 Å². The lowest BCUT2D eigenvalue weighted by Crippen LogP contribution is -2.01. The zero-order chi connectivity index (χ0) is 13.9. The number of halogens is 1. The Morgan fingerprint density at radius 3 is 3.00 bits per heavy atom. The van der Waals surface area contributed by atoms with Crippen LogP contribution in [0.25, 0.3) is 0 Å². The molecule has 1 N–H and O–H groups in total. The Balaban J connectivity index is 1.72. The van der Waals surface area contributed by atoms with Crippen molar-refractivity contribution in [1.82, 2.24) is 4.98 Å². The van der Waals surface area contributed by atoms with Crippen LogP contribution in [0.4, 0.5) is 5.82 Å². The highest BCUT2D eigenvalue weighted by Gasteiger charge is 2.17. The van der Waals surface area contributed by atoms with Crippen molar-refractivity contribution in [1.29, 1.82) is 5.26 Å². The molecule has 0 aliphatic carbocycles. The fourth-order valence-corrected chi connectivity index (χ4v) is 2.48. The Labute approximate surface area is 124 Å². The van der Waals surface area contributed by atoms with Crippen LogP contribution in [0, 0.1) is 11.3 Å². The van der Waals surface area contributed by atoms with Crippen molar-refractivity contribution in [2.45, 2.75) is 6.54 Å². The number of hydrogen-bond acceptors (Lipinski definition) is 5. The van der Waals surface area contributed by atoms with Gasteiger partial charge in [0.2, 0.25) is 6.79 Å². The van der Waals surface area contributed by atoms with E-state index in [0.29, 0.717) is 12.1 Å². The van der Waals surface area contributed by atoms with E-state index in [-0.39, 0.29) is 6.79 Å². The van der Waals surface area contributed by atoms with Gasteiger partial charge in [0.05, 0.1) is 10.0 Å². The van der Waals surface area contributed by atoms with Gasteiger partial charge in [0, 0.05) is 12.7 Å². The lowest BCUT2D eigenvalue weighted by molar-refractivity contribution is 0.173. The van der Waals surface area contributed by atoms with Crippen LogP contribution in [0.5, 0.6) is 11.5 Å². The minimum atomic E-state index is 0.252. The van der Waals surface area contributed by atoms with E-state index in [1.165, 1.54) is 6.20 Å². The number of anilines is 1. The Bertz CT molecular complexity index is 680. The third kappa shape index (κ3) is 2.53. The number of aromatic nitrogens is 1. The average Bonchev–Trinajstić information content (AvgIpc) is 2.94. The van der Waals surface area contributed by atoms with Gasteiger partial charge in [-0.3, -0.25) is 0 Å². The molecule has 2 aromatic rings. The van der Waals surface area contributed by atoms with Crippen LogP contribution < -0.4 is 14.8 Å². The van der Waals surface area contributed by atoms with Crippen molar-refractivity contribution >= 4 is 21.7 Å². The predicted octanol–water partition coefficient (Wildman–Crippen LogP) is 3.06. The molecule has 1 aromatic carbocycles. The van der Waals surface area contributed by atoms with E-state index >= 15 is 0 Å². The quantitative estimate of drug-likeness (QED) is 0.936. The van der Waals surface area contributed by atoms with Crippen molar-refractivity contribution in [3.8, 4) is 17.6 Å². The number of rotatable bonds is 3. The fraction of sp³-hybridized carbons (Fsp3) is 0.143. The predicted molar refractivity (Wildman–Crippen MR) is 76.5 cm³/mol. The van der Waals surface area contributed by atoms with Gasteiger partial charge in [-0.05, 0) is 45.8 Å². The fourth-order valence-electron chi connectivity index (χ4n) is 1.88. The topological polar surface area (TPSA) is 67.2 Å². The van der Waals surface area contributed by atoms with Gasteiger partial charge < -0.3 is 14.8 Å². The number of pyridine rings is 1. The molecule has 20 heavy (non-hydrogen) atoms. The molecule has 5 nitrogen and oxygen atoms in total. The van der Waals surface area contributed by atoms with Crippen LogP contribution in [0.1, 0.15) is 11.1 Å². The van der Waals surface area contributed by atoms with Crippen LogP contribution >= 0.6 is 15.9 Å². The first-order valence-electron chi connectivity index (χ1n) is 5.94. The number of hydrogen-bond donors (Lipinski definition) is 1. The van der Waals surface area contributed by atoms with E-state index in [1.54, 1.807) is 12.1 Å². The molecule has 1 aromatic heterocycles. The molecule has 0 saturated heterocycles. The van der Waals surface area contributed by atoms with Crippen molar-refractivity contribution < 1.29 is 9.47 Å². The second kappa shape index (κ2) is 5.39. The third-order valence-corrected chi connectivity index (χ3v) is 3.44. The lowest BCUT2D eigenvalue weighted by Gasteiger charge is -2.07. The van der Waals surface area contributed by atoms with E-state index in [2.05, 4.69) is 26.2 Å². The molecule has 0 bridgehead atoms. The minimum Gasteiger partial charge on any atom is -0.454 e. The summed E-state index contributed by atoms with van der Waals surface area (Å²) in [6.45, 7) is 0.857. The van der Waals surface area contributed by atoms with E-state index in [1.807, 2.05) is 18.2 Å². The summed E-state index contributed by atoms with van der Waals surface area (Å²) in [5, 5.41) is 11.9. The molecule has 0 amide bonds. The summed E-state index contributed by atoms with van der Waals surface area (Å²) >= 11 is 3.46. The van der Waals surface area contributed by atoms with Gasteiger partial charge in [-0.1, -0.05) is 0 Å². The summed E-state index contributed by atoms with van der Waals surface area (Å²) in [6, 6.07) is 9.45. The monoisotopic (exact) mass is 331 g/mol. The molecule has 100 valence electrons. The van der Waals surface area contributed by atoms with Crippen LogP contribution in [-0.2, 0) is 6.54 Å². The maximum absolute atomic E-state index is 8.72. The highest BCUT2D eigenvalue weighted by Crippen LogP contribution is 2.40. The largest absolute Gasteiger partial charge is 0.454 e. The summed E-state index contributed by atoms with van der Waals surface area (Å²) in [5.41, 5.74) is 1.59. The first-order chi connectivity index (χ1) is 9.76. The zero-order valence-corrected chi connectivity index (χ0v) is 12.0. The molecule has 1 aliphatic heterocycles. The number of fused-ring (bicyclic) bond motifs is 1. The molecular weight excluding hydrogens is 322 g/mol. The first kappa shape index (κ1) is 12.8. The van der Waals surface area contributed by atoms with Crippen LogP contribution in [-0.4, -0.2) is 11.8 Å². The molecule has 0 unspecified atom stereocenters. The number of benzene rings is 1. The SMILES string of the molecule is N#Cc1ccc(NCc2cc(Br)c3c(c2)OCO3)nc1. The molecule has 3 rings (SSSR count). The smallest absolute Gasteiger partial charge is 0.231 e. The maximum Gasteiger partial charge on any atom is 0.231 e. The maximum atomic E-state index is 8.72. The van der Waals surface area contributed by atoms with Gasteiger partial charge in [-0.25, -0.2) is 4.98 Å². The number of nitrogens with zero attached hydrogens (tertiary/aromatic N) is 2. The summed E-state index contributed by atoms with van der Waals surface area (Å²) in [5.74, 6) is 2.20. The zero-order valence-electron chi connectivity index (χ0n) is 10.4. The second-order valence-corrected chi connectivity index (χ2v) is 5.06. The van der Waals surface area contributed by atoms with Crippen molar-refractivity contribution in [2.24, 2.45) is 0 Å². The van der Waals surface area contributed by atoms with Crippen LogP contribution in [0.3, 0.4) is 0 Å². The van der Waals surface area contributed by atoms with Crippen LogP contribution in [0.2, 0.25) is 0 Å². The highest BCUT2D eigenvalue weighted by atomic mass is 79.9. The lowest BCUT2D eigenvalue weighted by atomic mass is 10.2. The standard InChI is InChI=1S/C14H10BrN3O2/c15-11-3-10(4-12-14(11)20-8-19-12)7-18-13-2-1-9(5-16)6-17-13/h1-4,6H,7-8H2,(H,17,18). The summed E-state index contributed by atoms with van der Waals surface area (Å²) in [6.07, 6.45) is 1.54. The van der Waals surface area contributed by atoms with Gasteiger partial charge in [0.15, 0.2) is 11.5 Å². The Hall–Kier alpha value is -2.26. The van der Waals surface area contributed by atoms with Gasteiger partial charge >= 0.3 is 0 Å². The van der Waals surface area contributed by atoms with Crippen molar-refractivity contribution in [2.75, 3.05) is 12.1 Å². The first-order valence-corrected chi connectivity index (χ1v) is 6.73. The summed E-state index contributed by atoms with van der Waals surface area (Å²) in [4.78, 5) is 4.16. The Morgan fingerprint density at radius 2 is 2.25 bits per heavy atom. The van der Waals surface area contributed by atoms with Crippen molar-refractivity contribution in [3.63, 3.8) is 0 Å². The second-order valence-electron chi connectivity index (χ2n) is 4.21.